The lowest BCUT2D eigenvalue weighted by Crippen LogP contribution is -2.38. The third-order valence-electron chi connectivity index (χ3n) is 2.92. The Morgan fingerprint density at radius 3 is 2.77 bits per heavy atom. The van der Waals surface area contributed by atoms with Gasteiger partial charge in [0.05, 0.1) is 13.7 Å². The van der Waals surface area contributed by atoms with Crippen LogP contribution in [-0.2, 0) is 13.1 Å². The molecule has 0 spiro atoms. The fourth-order valence-electron chi connectivity index (χ4n) is 1.84. The molecule has 0 unspecified atom stereocenters. The monoisotopic (exact) mass is 417 g/mol. The SMILES string of the molecule is CN=C(NCc1ccc(OC)nc1)N(C)Cc1ccon1.I. The van der Waals surface area contributed by atoms with Crippen molar-refractivity contribution >= 4 is 29.9 Å². The number of hydrogen-bond acceptors (Lipinski definition) is 5. The van der Waals surface area contributed by atoms with Gasteiger partial charge >= 0.3 is 0 Å². The van der Waals surface area contributed by atoms with Gasteiger partial charge in [0.15, 0.2) is 5.96 Å². The Morgan fingerprint density at radius 2 is 2.23 bits per heavy atom. The third-order valence-corrected chi connectivity index (χ3v) is 2.92. The fourth-order valence-corrected chi connectivity index (χ4v) is 1.84. The topological polar surface area (TPSA) is 75.8 Å². The summed E-state index contributed by atoms with van der Waals surface area (Å²) in [6.45, 7) is 1.25. The summed E-state index contributed by atoms with van der Waals surface area (Å²) < 4.78 is 9.86. The highest BCUT2D eigenvalue weighted by molar-refractivity contribution is 14.0. The predicted molar refractivity (Wildman–Crippen MR) is 94.4 cm³/mol. The van der Waals surface area contributed by atoms with Gasteiger partial charge in [-0.2, -0.15) is 0 Å². The summed E-state index contributed by atoms with van der Waals surface area (Å²) >= 11 is 0. The summed E-state index contributed by atoms with van der Waals surface area (Å²) in [7, 11) is 5.28. The molecule has 2 rings (SSSR count). The first-order chi connectivity index (χ1) is 10.2. The average molecular weight is 417 g/mol. The molecule has 2 heterocycles. The van der Waals surface area contributed by atoms with E-state index in [1.165, 1.54) is 0 Å². The maximum Gasteiger partial charge on any atom is 0.212 e. The van der Waals surface area contributed by atoms with Crippen molar-refractivity contribution in [3.63, 3.8) is 0 Å². The maximum absolute atomic E-state index is 5.03. The zero-order chi connectivity index (χ0) is 15.1. The molecule has 0 saturated heterocycles. The van der Waals surface area contributed by atoms with E-state index >= 15 is 0 Å². The largest absolute Gasteiger partial charge is 0.481 e. The zero-order valence-corrected chi connectivity index (χ0v) is 15.1. The van der Waals surface area contributed by atoms with Gasteiger partial charge in [0.2, 0.25) is 5.88 Å². The van der Waals surface area contributed by atoms with Crippen LogP contribution >= 0.6 is 24.0 Å². The molecule has 0 saturated carbocycles. The van der Waals surface area contributed by atoms with Gasteiger partial charge in [0.25, 0.3) is 0 Å². The van der Waals surface area contributed by atoms with Gasteiger partial charge in [-0.05, 0) is 5.56 Å². The lowest BCUT2D eigenvalue weighted by Gasteiger charge is -2.20. The highest BCUT2D eigenvalue weighted by atomic mass is 127. The van der Waals surface area contributed by atoms with E-state index in [1.807, 2.05) is 30.1 Å². The van der Waals surface area contributed by atoms with Gasteiger partial charge in [-0.15, -0.1) is 24.0 Å². The molecule has 0 bridgehead atoms. The van der Waals surface area contributed by atoms with E-state index in [4.69, 9.17) is 9.26 Å². The summed E-state index contributed by atoms with van der Waals surface area (Å²) in [6.07, 6.45) is 3.33. The minimum absolute atomic E-state index is 0. The average Bonchev–Trinajstić information content (AvgIpc) is 3.01. The molecule has 0 aromatic carbocycles. The number of nitrogens with zero attached hydrogens (tertiary/aromatic N) is 4. The third kappa shape index (κ3) is 5.17. The molecule has 0 aliphatic carbocycles. The number of halogens is 1. The maximum atomic E-state index is 5.03. The van der Waals surface area contributed by atoms with Crippen LogP contribution in [-0.4, -0.2) is 42.2 Å². The van der Waals surface area contributed by atoms with Crippen molar-refractivity contribution in [1.29, 1.82) is 0 Å². The van der Waals surface area contributed by atoms with Crippen LogP contribution in [0.4, 0.5) is 0 Å². The van der Waals surface area contributed by atoms with Crippen LogP contribution in [0.15, 0.2) is 40.2 Å². The molecule has 120 valence electrons. The molecule has 1 N–H and O–H groups in total. The number of rotatable bonds is 5. The molecule has 0 fully saturated rings. The molecular weight excluding hydrogens is 397 g/mol. The fraction of sp³-hybridized carbons (Fsp3) is 0.357. The van der Waals surface area contributed by atoms with E-state index in [0.29, 0.717) is 19.0 Å². The van der Waals surface area contributed by atoms with Crippen molar-refractivity contribution in [2.45, 2.75) is 13.1 Å². The van der Waals surface area contributed by atoms with Crippen LogP contribution in [0.1, 0.15) is 11.3 Å². The highest BCUT2D eigenvalue weighted by Crippen LogP contribution is 2.06. The van der Waals surface area contributed by atoms with Crippen molar-refractivity contribution in [1.82, 2.24) is 20.4 Å². The molecule has 0 aliphatic rings. The van der Waals surface area contributed by atoms with Crippen molar-refractivity contribution < 1.29 is 9.26 Å². The Morgan fingerprint density at radius 1 is 1.41 bits per heavy atom. The van der Waals surface area contributed by atoms with E-state index < -0.39 is 0 Å². The molecule has 7 nitrogen and oxygen atoms in total. The summed E-state index contributed by atoms with van der Waals surface area (Å²) in [4.78, 5) is 10.4. The number of hydrogen-bond donors (Lipinski definition) is 1. The number of aromatic nitrogens is 2. The Balaban J connectivity index is 0.00000242. The van der Waals surface area contributed by atoms with Crippen LogP contribution in [0.2, 0.25) is 0 Å². The van der Waals surface area contributed by atoms with Gasteiger partial charge in [0.1, 0.15) is 12.0 Å². The second-order valence-electron chi connectivity index (χ2n) is 4.46. The second-order valence-corrected chi connectivity index (χ2v) is 4.46. The van der Waals surface area contributed by atoms with Gasteiger partial charge in [-0.1, -0.05) is 11.2 Å². The first-order valence-electron chi connectivity index (χ1n) is 6.53. The molecule has 0 aliphatic heterocycles. The van der Waals surface area contributed by atoms with Crippen molar-refractivity contribution in [3.8, 4) is 5.88 Å². The van der Waals surface area contributed by atoms with E-state index in [9.17, 15) is 0 Å². The number of pyridine rings is 1. The number of aliphatic imine (C=N–C) groups is 1. The summed E-state index contributed by atoms with van der Waals surface area (Å²) in [5.74, 6) is 1.38. The summed E-state index contributed by atoms with van der Waals surface area (Å²) in [5.41, 5.74) is 1.90. The molecule has 22 heavy (non-hydrogen) atoms. The molecule has 2 aromatic rings. The number of nitrogens with one attached hydrogen (secondary N) is 1. The minimum atomic E-state index is 0. The second kappa shape index (κ2) is 9.23. The first-order valence-corrected chi connectivity index (χ1v) is 6.53. The van der Waals surface area contributed by atoms with Gasteiger partial charge in [0, 0.05) is 39.0 Å². The molecule has 0 radical (unpaired) electrons. The van der Waals surface area contributed by atoms with Crippen molar-refractivity contribution in [2.24, 2.45) is 4.99 Å². The Hall–Kier alpha value is -1.84. The zero-order valence-electron chi connectivity index (χ0n) is 12.8. The minimum Gasteiger partial charge on any atom is -0.481 e. The van der Waals surface area contributed by atoms with Crippen LogP contribution in [0, 0.1) is 0 Å². The van der Waals surface area contributed by atoms with Gasteiger partial charge in [-0.3, -0.25) is 4.99 Å². The van der Waals surface area contributed by atoms with Crippen LogP contribution in [0.3, 0.4) is 0 Å². The lowest BCUT2D eigenvalue weighted by molar-refractivity contribution is 0.391. The Labute approximate surface area is 146 Å². The summed E-state index contributed by atoms with van der Waals surface area (Å²) in [6, 6.07) is 5.62. The van der Waals surface area contributed by atoms with E-state index in [1.54, 1.807) is 26.6 Å². The smallest absolute Gasteiger partial charge is 0.212 e. The predicted octanol–water partition coefficient (Wildman–Crippen LogP) is 1.90. The van der Waals surface area contributed by atoms with Crippen molar-refractivity contribution in [2.75, 3.05) is 21.2 Å². The van der Waals surface area contributed by atoms with Gasteiger partial charge in [-0.25, -0.2) is 4.98 Å². The lowest BCUT2D eigenvalue weighted by atomic mass is 10.3. The van der Waals surface area contributed by atoms with Crippen molar-refractivity contribution in [3.05, 3.63) is 41.9 Å². The van der Waals surface area contributed by atoms with Crippen LogP contribution in [0.25, 0.3) is 0 Å². The number of methoxy groups -OCH3 is 1. The number of guanidine groups is 1. The normalized spacial score (nSPS) is 10.8. The van der Waals surface area contributed by atoms with Crippen LogP contribution < -0.4 is 10.1 Å². The Bertz CT molecular complexity index is 571. The van der Waals surface area contributed by atoms with Gasteiger partial charge < -0.3 is 19.5 Å². The molecule has 8 heteroatoms. The number of ether oxygens (including phenoxy) is 1. The molecule has 0 amide bonds. The quantitative estimate of drug-likeness (QED) is 0.455. The molecule has 0 atom stereocenters. The van der Waals surface area contributed by atoms with E-state index in [0.717, 1.165) is 17.2 Å². The Kier molecular flexibility index (Phi) is 7.64. The van der Waals surface area contributed by atoms with E-state index in [-0.39, 0.29) is 24.0 Å². The first kappa shape index (κ1) is 18.2. The summed E-state index contributed by atoms with van der Waals surface area (Å²) in [5, 5.41) is 7.16. The molecule has 2 aromatic heterocycles. The highest BCUT2D eigenvalue weighted by Gasteiger charge is 2.08. The van der Waals surface area contributed by atoms with Crippen LogP contribution in [0.5, 0.6) is 5.88 Å². The van der Waals surface area contributed by atoms with E-state index in [2.05, 4.69) is 20.4 Å². The standard InChI is InChI=1S/C14H19N5O2.HI/c1-15-14(19(2)10-12-6-7-21-18-12)17-9-11-4-5-13(20-3)16-8-11;/h4-8H,9-10H2,1-3H3,(H,15,17);1H. The molecular formula is C14H20IN5O2.